The van der Waals surface area contributed by atoms with Crippen molar-refractivity contribution in [2.45, 2.75) is 26.5 Å². The van der Waals surface area contributed by atoms with E-state index in [1.807, 2.05) is 25.7 Å². The first-order valence-electron chi connectivity index (χ1n) is 7.12. The van der Waals surface area contributed by atoms with E-state index >= 15 is 0 Å². The average molecular weight is 299 g/mol. The van der Waals surface area contributed by atoms with Gasteiger partial charge in [-0.15, -0.1) is 0 Å². The Balaban J connectivity index is 2.51. The topological polar surface area (TPSA) is 47.4 Å². The molecule has 0 saturated carbocycles. The first-order valence-corrected chi connectivity index (χ1v) is 8.27. The minimum absolute atomic E-state index is 0.278. The molecule has 1 rings (SSSR count). The SMILES string of the molecule is CCOC(=O)c1cnn(C)c1CSCCN(CC)CC. The number of hydrogen-bond acceptors (Lipinski definition) is 5. The Bertz CT molecular complexity index is 417. The van der Waals surface area contributed by atoms with Crippen LogP contribution < -0.4 is 0 Å². The molecule has 1 heterocycles. The summed E-state index contributed by atoms with van der Waals surface area (Å²) in [5, 5.41) is 4.16. The number of rotatable bonds is 9. The van der Waals surface area contributed by atoms with E-state index in [2.05, 4.69) is 23.8 Å². The van der Waals surface area contributed by atoms with Crippen LogP contribution in [0.25, 0.3) is 0 Å². The molecule has 0 unspecified atom stereocenters. The van der Waals surface area contributed by atoms with Crippen molar-refractivity contribution >= 4 is 17.7 Å². The van der Waals surface area contributed by atoms with E-state index in [0.717, 1.165) is 36.8 Å². The second kappa shape index (κ2) is 9.02. The third kappa shape index (κ3) is 4.83. The molecule has 0 N–H and O–H groups in total. The Kier molecular flexibility index (Phi) is 7.69. The zero-order chi connectivity index (χ0) is 15.0. The highest BCUT2D eigenvalue weighted by molar-refractivity contribution is 7.98. The van der Waals surface area contributed by atoms with E-state index < -0.39 is 0 Å². The maximum absolute atomic E-state index is 11.8. The van der Waals surface area contributed by atoms with Gasteiger partial charge in [-0.3, -0.25) is 4.68 Å². The fourth-order valence-corrected chi connectivity index (χ4v) is 2.98. The molecule has 5 nitrogen and oxygen atoms in total. The number of thioether (sulfide) groups is 1. The Hall–Kier alpha value is -1.01. The third-order valence-corrected chi connectivity index (χ3v) is 4.19. The number of ether oxygens (including phenoxy) is 1. The van der Waals surface area contributed by atoms with Crippen LogP contribution in [0.1, 0.15) is 36.8 Å². The molecule has 0 fully saturated rings. The Morgan fingerprint density at radius 3 is 2.70 bits per heavy atom. The molecule has 0 aliphatic heterocycles. The molecule has 114 valence electrons. The van der Waals surface area contributed by atoms with Crippen LogP contribution >= 0.6 is 11.8 Å². The zero-order valence-corrected chi connectivity index (χ0v) is 13.7. The predicted octanol–water partition coefficient (Wildman–Crippen LogP) is 2.17. The summed E-state index contributed by atoms with van der Waals surface area (Å²) in [6.07, 6.45) is 1.60. The van der Waals surface area contributed by atoms with Gasteiger partial charge in [-0.25, -0.2) is 4.79 Å². The summed E-state index contributed by atoms with van der Waals surface area (Å²) in [6, 6.07) is 0. The number of carbonyl (C=O) groups excluding carboxylic acids is 1. The molecule has 20 heavy (non-hydrogen) atoms. The lowest BCUT2D eigenvalue weighted by molar-refractivity contribution is 0.0525. The van der Waals surface area contributed by atoms with Crippen molar-refractivity contribution in [3.8, 4) is 0 Å². The maximum Gasteiger partial charge on any atom is 0.341 e. The Morgan fingerprint density at radius 1 is 1.40 bits per heavy atom. The molecular formula is C14H25N3O2S. The maximum atomic E-state index is 11.8. The van der Waals surface area contributed by atoms with E-state index in [1.165, 1.54) is 0 Å². The normalized spacial score (nSPS) is 11.1. The molecule has 1 aromatic heterocycles. The summed E-state index contributed by atoms with van der Waals surface area (Å²) in [7, 11) is 1.86. The lowest BCUT2D eigenvalue weighted by Crippen LogP contribution is -2.25. The second-order valence-corrected chi connectivity index (χ2v) is 5.53. The highest BCUT2D eigenvalue weighted by Crippen LogP contribution is 2.17. The minimum atomic E-state index is -0.278. The van der Waals surface area contributed by atoms with Gasteiger partial charge in [0.2, 0.25) is 0 Å². The fraction of sp³-hybridized carbons (Fsp3) is 0.714. The van der Waals surface area contributed by atoms with Crippen molar-refractivity contribution in [1.29, 1.82) is 0 Å². The van der Waals surface area contributed by atoms with E-state index in [0.29, 0.717) is 12.2 Å². The summed E-state index contributed by atoms with van der Waals surface area (Å²) in [6.45, 7) is 9.79. The average Bonchev–Trinajstić information content (AvgIpc) is 2.81. The number of aryl methyl sites for hydroxylation is 1. The van der Waals surface area contributed by atoms with E-state index in [9.17, 15) is 4.79 Å². The summed E-state index contributed by atoms with van der Waals surface area (Å²) >= 11 is 1.82. The standard InChI is InChI=1S/C14H25N3O2S/c1-5-17(6-2)8-9-20-11-13-12(10-15-16(13)4)14(18)19-7-3/h10H,5-9,11H2,1-4H3. The number of aromatic nitrogens is 2. The smallest absolute Gasteiger partial charge is 0.341 e. The fourth-order valence-electron chi connectivity index (χ4n) is 1.92. The summed E-state index contributed by atoms with van der Waals surface area (Å²) in [4.78, 5) is 14.2. The van der Waals surface area contributed by atoms with E-state index in [-0.39, 0.29) is 5.97 Å². The third-order valence-electron chi connectivity index (χ3n) is 3.24. The molecule has 0 spiro atoms. The number of hydrogen-bond donors (Lipinski definition) is 0. The first kappa shape index (κ1) is 17.0. The highest BCUT2D eigenvalue weighted by Gasteiger charge is 2.16. The quantitative estimate of drug-likeness (QED) is 0.516. The van der Waals surface area contributed by atoms with Crippen molar-refractivity contribution in [3.05, 3.63) is 17.5 Å². The van der Waals surface area contributed by atoms with E-state index in [4.69, 9.17) is 4.74 Å². The van der Waals surface area contributed by atoms with Crippen LogP contribution in [-0.2, 0) is 17.5 Å². The molecule has 0 amide bonds. The zero-order valence-electron chi connectivity index (χ0n) is 12.9. The minimum Gasteiger partial charge on any atom is -0.462 e. The highest BCUT2D eigenvalue weighted by atomic mass is 32.2. The summed E-state index contributed by atoms with van der Waals surface area (Å²) in [5.41, 5.74) is 1.53. The van der Waals surface area contributed by atoms with Gasteiger partial charge >= 0.3 is 5.97 Å². The van der Waals surface area contributed by atoms with Crippen LogP contribution in [0.2, 0.25) is 0 Å². The van der Waals surface area contributed by atoms with E-state index in [1.54, 1.807) is 10.9 Å². The monoisotopic (exact) mass is 299 g/mol. The van der Waals surface area contributed by atoms with Crippen molar-refractivity contribution in [3.63, 3.8) is 0 Å². The van der Waals surface area contributed by atoms with Gasteiger partial charge in [0.15, 0.2) is 0 Å². The van der Waals surface area contributed by atoms with Gasteiger partial charge in [0, 0.05) is 25.1 Å². The number of nitrogens with zero attached hydrogens (tertiary/aromatic N) is 3. The summed E-state index contributed by atoms with van der Waals surface area (Å²) in [5.74, 6) is 1.56. The van der Waals surface area contributed by atoms with Crippen LogP contribution in [0.4, 0.5) is 0 Å². The van der Waals surface area contributed by atoms with Gasteiger partial charge in [-0.1, -0.05) is 13.8 Å². The molecule has 1 aromatic rings. The van der Waals surface area contributed by atoms with Crippen molar-refractivity contribution in [1.82, 2.24) is 14.7 Å². The first-order chi connectivity index (χ1) is 9.63. The Morgan fingerprint density at radius 2 is 2.10 bits per heavy atom. The molecule has 0 aromatic carbocycles. The molecule has 0 aliphatic rings. The van der Waals surface area contributed by atoms with Gasteiger partial charge < -0.3 is 9.64 Å². The van der Waals surface area contributed by atoms with Gasteiger partial charge in [0.1, 0.15) is 5.56 Å². The van der Waals surface area contributed by atoms with Crippen molar-refractivity contribution < 1.29 is 9.53 Å². The molecular weight excluding hydrogens is 274 g/mol. The van der Waals surface area contributed by atoms with Crippen LogP contribution in [0.5, 0.6) is 0 Å². The molecule has 0 aliphatic carbocycles. The number of esters is 1. The van der Waals surface area contributed by atoms with Gasteiger partial charge in [-0.2, -0.15) is 16.9 Å². The molecule has 0 radical (unpaired) electrons. The van der Waals surface area contributed by atoms with Gasteiger partial charge in [0.25, 0.3) is 0 Å². The van der Waals surface area contributed by atoms with Gasteiger partial charge in [0.05, 0.1) is 18.5 Å². The second-order valence-electron chi connectivity index (χ2n) is 4.43. The van der Waals surface area contributed by atoms with Crippen LogP contribution in [-0.4, -0.2) is 52.6 Å². The van der Waals surface area contributed by atoms with Crippen LogP contribution in [0, 0.1) is 0 Å². The van der Waals surface area contributed by atoms with Gasteiger partial charge in [-0.05, 0) is 20.0 Å². The number of carbonyl (C=O) groups is 1. The molecule has 6 heteroatoms. The molecule has 0 bridgehead atoms. The molecule has 0 saturated heterocycles. The lowest BCUT2D eigenvalue weighted by Gasteiger charge is -2.17. The van der Waals surface area contributed by atoms with Crippen molar-refractivity contribution in [2.75, 3.05) is 32.0 Å². The summed E-state index contributed by atoms with van der Waals surface area (Å²) < 4.78 is 6.81. The largest absolute Gasteiger partial charge is 0.462 e. The molecule has 0 atom stereocenters. The Labute approximate surface area is 125 Å². The van der Waals surface area contributed by atoms with Crippen LogP contribution in [0.15, 0.2) is 6.20 Å². The predicted molar refractivity (Wildman–Crippen MR) is 83.1 cm³/mol. The lowest BCUT2D eigenvalue weighted by atomic mass is 10.3. The van der Waals surface area contributed by atoms with Crippen LogP contribution in [0.3, 0.4) is 0 Å². The van der Waals surface area contributed by atoms with Crippen molar-refractivity contribution in [2.24, 2.45) is 7.05 Å².